The van der Waals surface area contributed by atoms with Gasteiger partial charge in [-0.2, -0.15) is 13.2 Å². The van der Waals surface area contributed by atoms with Crippen LogP contribution in [0.3, 0.4) is 0 Å². The fraction of sp³-hybridized carbons (Fsp3) is 0.154. The van der Waals surface area contributed by atoms with Crippen LogP contribution in [-0.4, -0.2) is 22.0 Å². The summed E-state index contributed by atoms with van der Waals surface area (Å²) in [5, 5.41) is 0. The number of hydrogen-bond acceptors (Lipinski definition) is 4. The molecule has 0 amide bonds. The molecule has 0 atom stereocenters. The van der Waals surface area contributed by atoms with E-state index in [1.807, 2.05) is 0 Å². The second-order valence-corrected chi connectivity index (χ2v) is 4.64. The van der Waals surface area contributed by atoms with Crippen molar-refractivity contribution in [2.24, 2.45) is 5.73 Å². The van der Waals surface area contributed by atoms with Crippen molar-refractivity contribution in [3.8, 4) is 0 Å². The number of pyridine rings is 2. The van der Waals surface area contributed by atoms with Crippen LogP contribution in [-0.2, 0) is 6.18 Å². The SMILES string of the molecule is CN(c1cccnc1)c1nc(C(F)(F)F)ccc1C(N)=S. The summed E-state index contributed by atoms with van der Waals surface area (Å²) >= 11 is 4.87. The van der Waals surface area contributed by atoms with Gasteiger partial charge in [-0.1, -0.05) is 12.2 Å². The minimum Gasteiger partial charge on any atom is -0.389 e. The van der Waals surface area contributed by atoms with Gasteiger partial charge >= 0.3 is 6.18 Å². The fourth-order valence-electron chi connectivity index (χ4n) is 1.73. The fourth-order valence-corrected chi connectivity index (χ4v) is 1.89. The van der Waals surface area contributed by atoms with Crippen LogP contribution < -0.4 is 10.6 Å². The average molecular weight is 312 g/mol. The van der Waals surface area contributed by atoms with Crippen molar-refractivity contribution in [2.45, 2.75) is 6.18 Å². The predicted molar refractivity (Wildman–Crippen MR) is 77.4 cm³/mol. The molecule has 4 nitrogen and oxygen atoms in total. The number of anilines is 2. The second kappa shape index (κ2) is 5.65. The lowest BCUT2D eigenvalue weighted by Gasteiger charge is -2.21. The van der Waals surface area contributed by atoms with Crippen molar-refractivity contribution in [2.75, 3.05) is 11.9 Å². The predicted octanol–water partition coefficient (Wildman–Crippen LogP) is 2.90. The van der Waals surface area contributed by atoms with Crippen LogP contribution in [0.5, 0.6) is 0 Å². The van der Waals surface area contributed by atoms with Crippen LogP contribution in [0.4, 0.5) is 24.7 Å². The molecule has 2 aromatic heterocycles. The van der Waals surface area contributed by atoms with E-state index in [1.54, 1.807) is 25.4 Å². The average Bonchev–Trinajstić information content (AvgIpc) is 2.45. The highest BCUT2D eigenvalue weighted by Crippen LogP contribution is 2.32. The summed E-state index contributed by atoms with van der Waals surface area (Å²) in [4.78, 5) is 9.00. The molecule has 0 spiro atoms. The summed E-state index contributed by atoms with van der Waals surface area (Å²) in [6.45, 7) is 0. The van der Waals surface area contributed by atoms with Gasteiger partial charge in [0, 0.05) is 13.2 Å². The maximum absolute atomic E-state index is 12.8. The van der Waals surface area contributed by atoms with Crippen molar-refractivity contribution < 1.29 is 13.2 Å². The van der Waals surface area contributed by atoms with Gasteiger partial charge in [0.05, 0.1) is 17.4 Å². The van der Waals surface area contributed by atoms with Crippen molar-refractivity contribution in [3.05, 3.63) is 47.9 Å². The monoisotopic (exact) mass is 312 g/mol. The Bertz CT molecular complexity index is 658. The van der Waals surface area contributed by atoms with Crippen molar-refractivity contribution in [1.82, 2.24) is 9.97 Å². The summed E-state index contributed by atoms with van der Waals surface area (Å²) in [5.41, 5.74) is 5.39. The first-order valence-corrected chi connectivity index (χ1v) is 6.23. The van der Waals surface area contributed by atoms with E-state index in [9.17, 15) is 13.2 Å². The number of rotatable bonds is 3. The molecule has 0 bridgehead atoms. The zero-order chi connectivity index (χ0) is 15.6. The standard InChI is InChI=1S/C13H11F3N4S/c1-20(8-3-2-6-18-7-8)12-9(11(17)21)4-5-10(19-12)13(14,15)16/h2-7H,1H3,(H2,17,21). The minimum atomic E-state index is -4.54. The van der Waals surface area contributed by atoms with E-state index < -0.39 is 11.9 Å². The van der Waals surface area contributed by atoms with Crippen LogP contribution >= 0.6 is 12.2 Å². The normalized spacial score (nSPS) is 11.2. The molecule has 2 N–H and O–H groups in total. The first-order chi connectivity index (χ1) is 9.80. The van der Waals surface area contributed by atoms with E-state index in [0.717, 1.165) is 6.07 Å². The van der Waals surface area contributed by atoms with Crippen LogP contribution in [0, 0.1) is 0 Å². The number of halogens is 3. The quantitative estimate of drug-likeness (QED) is 0.883. The smallest absolute Gasteiger partial charge is 0.389 e. The lowest BCUT2D eigenvalue weighted by Crippen LogP contribution is -2.21. The van der Waals surface area contributed by atoms with Crippen LogP contribution in [0.2, 0.25) is 0 Å². The van der Waals surface area contributed by atoms with Crippen LogP contribution in [0.1, 0.15) is 11.3 Å². The summed E-state index contributed by atoms with van der Waals surface area (Å²) in [7, 11) is 1.57. The Morgan fingerprint density at radius 3 is 2.52 bits per heavy atom. The minimum absolute atomic E-state index is 0.0260. The Morgan fingerprint density at radius 2 is 2.00 bits per heavy atom. The molecule has 2 heterocycles. The number of nitrogens with two attached hydrogens (primary N) is 1. The number of aromatic nitrogens is 2. The molecule has 0 aliphatic carbocycles. The lowest BCUT2D eigenvalue weighted by atomic mass is 10.2. The molecule has 2 rings (SSSR count). The number of hydrogen-bond donors (Lipinski definition) is 1. The summed E-state index contributed by atoms with van der Waals surface area (Å²) in [5.74, 6) is 0.0327. The maximum atomic E-state index is 12.8. The molecule has 0 radical (unpaired) electrons. The van der Waals surface area contributed by atoms with Gasteiger partial charge in [0.1, 0.15) is 16.5 Å². The van der Waals surface area contributed by atoms with Crippen LogP contribution in [0.15, 0.2) is 36.7 Å². The largest absolute Gasteiger partial charge is 0.433 e. The van der Waals surface area contributed by atoms with Gasteiger partial charge in [-0.15, -0.1) is 0 Å². The molecule has 8 heteroatoms. The Morgan fingerprint density at radius 1 is 1.29 bits per heavy atom. The van der Waals surface area contributed by atoms with Crippen molar-refractivity contribution >= 4 is 28.7 Å². The molecular formula is C13H11F3N4S. The van der Waals surface area contributed by atoms with E-state index in [0.29, 0.717) is 5.69 Å². The Kier molecular flexibility index (Phi) is 4.08. The zero-order valence-corrected chi connectivity index (χ0v) is 11.7. The van der Waals surface area contributed by atoms with Gasteiger partial charge < -0.3 is 10.6 Å². The topological polar surface area (TPSA) is 55.0 Å². The van der Waals surface area contributed by atoms with Gasteiger partial charge in [-0.25, -0.2) is 4.98 Å². The number of nitrogens with zero attached hydrogens (tertiary/aromatic N) is 3. The van der Waals surface area contributed by atoms with E-state index >= 15 is 0 Å². The molecular weight excluding hydrogens is 301 g/mol. The van der Waals surface area contributed by atoms with Crippen molar-refractivity contribution in [3.63, 3.8) is 0 Å². The van der Waals surface area contributed by atoms with Crippen LogP contribution in [0.25, 0.3) is 0 Å². The highest BCUT2D eigenvalue weighted by Gasteiger charge is 2.33. The summed E-state index contributed by atoms with van der Waals surface area (Å²) in [6, 6.07) is 5.44. The molecule has 0 unspecified atom stereocenters. The van der Waals surface area contributed by atoms with Crippen molar-refractivity contribution in [1.29, 1.82) is 0 Å². The third-order valence-corrected chi connectivity index (χ3v) is 3.00. The lowest BCUT2D eigenvalue weighted by molar-refractivity contribution is -0.141. The molecule has 0 saturated carbocycles. The van der Waals surface area contributed by atoms with E-state index in [-0.39, 0.29) is 16.4 Å². The Hall–Kier alpha value is -2.22. The molecule has 2 aromatic rings. The van der Waals surface area contributed by atoms with Gasteiger partial charge in [0.25, 0.3) is 0 Å². The van der Waals surface area contributed by atoms with Gasteiger partial charge in [0.2, 0.25) is 0 Å². The third kappa shape index (κ3) is 3.27. The number of thiocarbonyl (C=S) groups is 1. The Balaban J connectivity index is 2.56. The molecule has 110 valence electrons. The maximum Gasteiger partial charge on any atom is 0.433 e. The Labute approximate surface area is 124 Å². The third-order valence-electron chi connectivity index (χ3n) is 2.78. The highest BCUT2D eigenvalue weighted by molar-refractivity contribution is 7.80. The van der Waals surface area contributed by atoms with Gasteiger partial charge in [0.15, 0.2) is 0 Å². The molecule has 0 fully saturated rings. The van der Waals surface area contributed by atoms with E-state index in [1.165, 1.54) is 17.2 Å². The summed E-state index contributed by atoms with van der Waals surface area (Å²) < 4.78 is 38.4. The highest BCUT2D eigenvalue weighted by atomic mass is 32.1. The molecule has 0 aromatic carbocycles. The molecule has 21 heavy (non-hydrogen) atoms. The zero-order valence-electron chi connectivity index (χ0n) is 10.9. The molecule has 0 aliphatic heterocycles. The first-order valence-electron chi connectivity index (χ1n) is 5.82. The molecule has 0 saturated heterocycles. The number of alkyl halides is 3. The summed E-state index contributed by atoms with van der Waals surface area (Å²) in [6.07, 6.45) is -1.48. The second-order valence-electron chi connectivity index (χ2n) is 4.20. The van der Waals surface area contributed by atoms with Gasteiger partial charge in [-0.3, -0.25) is 4.98 Å². The van der Waals surface area contributed by atoms with E-state index in [4.69, 9.17) is 18.0 Å². The molecule has 0 aliphatic rings. The first kappa shape index (κ1) is 15.2. The van der Waals surface area contributed by atoms with E-state index in [2.05, 4.69) is 9.97 Å². The van der Waals surface area contributed by atoms with Gasteiger partial charge in [-0.05, 0) is 24.3 Å².